The molecule has 7 heteroatoms. The molecule has 1 aliphatic carbocycles. The Hall–Kier alpha value is -1.76. The first-order valence-electron chi connectivity index (χ1n) is 8.81. The average molecular weight is 385 g/mol. The molecule has 144 valence electrons. The maximum absolute atomic E-state index is 13.0. The summed E-state index contributed by atoms with van der Waals surface area (Å²) in [5.41, 5.74) is 6.31. The summed E-state index contributed by atoms with van der Waals surface area (Å²) in [5.74, 6) is 0.641. The maximum Gasteiger partial charge on any atom is 0.418 e. The molecule has 3 N–H and O–H groups in total. The lowest BCUT2D eigenvalue weighted by atomic mass is 9.71. The Morgan fingerprint density at radius 1 is 1.23 bits per heavy atom. The lowest BCUT2D eigenvalue weighted by molar-refractivity contribution is -0.136. The highest BCUT2D eigenvalue weighted by atomic mass is 32.1. The minimum absolute atomic E-state index is 0.0679. The second kappa shape index (κ2) is 8.29. The Balaban J connectivity index is 1.89. The zero-order valence-electron chi connectivity index (χ0n) is 15.3. The van der Waals surface area contributed by atoms with Crippen LogP contribution in [0.4, 0.5) is 18.9 Å². The number of nitrogens with one attached hydrogen (secondary N) is 3. The van der Waals surface area contributed by atoms with Crippen molar-refractivity contribution in [1.29, 1.82) is 0 Å². The minimum atomic E-state index is -4.43. The van der Waals surface area contributed by atoms with Gasteiger partial charge in [0.25, 0.3) is 0 Å². The van der Waals surface area contributed by atoms with E-state index in [2.05, 4.69) is 43.0 Å². The SMILES string of the molecule is CCC(C)(C)[C@H]1CC=C(NNC(=S)Nc2ccccc2C(F)(F)F)CC1. The van der Waals surface area contributed by atoms with E-state index in [4.69, 9.17) is 12.2 Å². The average Bonchev–Trinajstić information content (AvgIpc) is 2.60. The van der Waals surface area contributed by atoms with Crippen LogP contribution in [0.5, 0.6) is 0 Å². The lowest BCUT2D eigenvalue weighted by Crippen LogP contribution is -2.40. The molecule has 0 spiro atoms. The van der Waals surface area contributed by atoms with Crippen LogP contribution in [0.25, 0.3) is 0 Å². The van der Waals surface area contributed by atoms with Gasteiger partial charge in [0.2, 0.25) is 0 Å². The Morgan fingerprint density at radius 2 is 1.92 bits per heavy atom. The summed E-state index contributed by atoms with van der Waals surface area (Å²) < 4.78 is 39.0. The molecule has 1 aromatic rings. The van der Waals surface area contributed by atoms with Gasteiger partial charge in [0, 0.05) is 5.70 Å². The molecule has 0 heterocycles. The number of thiocarbonyl (C=S) groups is 1. The van der Waals surface area contributed by atoms with Crippen molar-refractivity contribution in [3.8, 4) is 0 Å². The normalized spacial score (nSPS) is 18.1. The van der Waals surface area contributed by atoms with E-state index in [1.54, 1.807) is 0 Å². The second-order valence-electron chi connectivity index (χ2n) is 7.29. The number of anilines is 1. The van der Waals surface area contributed by atoms with Crippen LogP contribution >= 0.6 is 12.2 Å². The number of halogens is 3. The van der Waals surface area contributed by atoms with Gasteiger partial charge in [0.1, 0.15) is 0 Å². The lowest BCUT2D eigenvalue weighted by Gasteiger charge is -2.36. The number of hydrazine groups is 1. The molecule has 0 aliphatic heterocycles. The van der Waals surface area contributed by atoms with Crippen LogP contribution in [0.1, 0.15) is 52.0 Å². The minimum Gasteiger partial charge on any atom is -0.331 e. The number of hydrogen-bond donors (Lipinski definition) is 3. The number of allylic oxidation sites excluding steroid dienone is 2. The van der Waals surface area contributed by atoms with Crippen molar-refractivity contribution < 1.29 is 13.2 Å². The third kappa shape index (κ3) is 5.37. The third-order valence-corrected chi connectivity index (χ3v) is 5.45. The number of alkyl halides is 3. The van der Waals surface area contributed by atoms with Crippen molar-refractivity contribution in [3.05, 3.63) is 41.6 Å². The topological polar surface area (TPSA) is 36.1 Å². The fourth-order valence-electron chi connectivity index (χ4n) is 3.08. The van der Waals surface area contributed by atoms with Gasteiger partial charge in [0.15, 0.2) is 5.11 Å². The molecular weight excluding hydrogens is 359 g/mol. The Bertz CT molecular complexity index is 668. The molecule has 2 rings (SSSR count). The molecule has 26 heavy (non-hydrogen) atoms. The highest BCUT2D eigenvalue weighted by Gasteiger charge is 2.33. The molecule has 0 saturated carbocycles. The Kier molecular flexibility index (Phi) is 6.55. The summed E-state index contributed by atoms with van der Waals surface area (Å²) >= 11 is 5.11. The van der Waals surface area contributed by atoms with Gasteiger partial charge in [0.05, 0.1) is 11.3 Å². The van der Waals surface area contributed by atoms with Crippen LogP contribution in [0.3, 0.4) is 0 Å². The van der Waals surface area contributed by atoms with Gasteiger partial charge in [-0.2, -0.15) is 13.2 Å². The highest BCUT2D eigenvalue weighted by molar-refractivity contribution is 7.80. The van der Waals surface area contributed by atoms with Crippen molar-refractivity contribution in [3.63, 3.8) is 0 Å². The summed E-state index contributed by atoms with van der Waals surface area (Å²) in [4.78, 5) is 0. The zero-order chi connectivity index (χ0) is 19.4. The zero-order valence-corrected chi connectivity index (χ0v) is 16.2. The summed E-state index contributed by atoms with van der Waals surface area (Å²) in [6.45, 7) is 6.79. The number of rotatable bonds is 5. The number of hydrogen-bond acceptors (Lipinski definition) is 2. The molecule has 0 bridgehead atoms. The van der Waals surface area contributed by atoms with E-state index in [1.807, 2.05) is 0 Å². The van der Waals surface area contributed by atoms with E-state index < -0.39 is 11.7 Å². The quantitative estimate of drug-likeness (QED) is 0.454. The smallest absolute Gasteiger partial charge is 0.331 e. The predicted octanol–water partition coefficient (Wildman–Crippen LogP) is 5.62. The van der Waals surface area contributed by atoms with Crippen molar-refractivity contribution in [2.45, 2.75) is 52.6 Å². The van der Waals surface area contributed by atoms with Crippen LogP contribution < -0.4 is 16.2 Å². The molecule has 0 saturated heterocycles. The van der Waals surface area contributed by atoms with Crippen LogP contribution in [-0.2, 0) is 6.18 Å². The maximum atomic E-state index is 13.0. The van der Waals surface area contributed by atoms with E-state index in [1.165, 1.54) is 18.2 Å². The van der Waals surface area contributed by atoms with Crippen LogP contribution in [0.15, 0.2) is 36.0 Å². The Labute approximate surface area is 158 Å². The van der Waals surface area contributed by atoms with Gasteiger partial charge in [-0.05, 0) is 54.9 Å². The fourth-order valence-corrected chi connectivity index (χ4v) is 3.24. The summed E-state index contributed by atoms with van der Waals surface area (Å²) in [6, 6.07) is 5.27. The first-order chi connectivity index (χ1) is 12.1. The molecule has 1 atom stereocenters. The van der Waals surface area contributed by atoms with E-state index in [-0.39, 0.29) is 10.8 Å². The first-order valence-corrected chi connectivity index (χ1v) is 9.22. The fraction of sp³-hybridized carbons (Fsp3) is 0.526. The molecule has 1 aliphatic rings. The second-order valence-corrected chi connectivity index (χ2v) is 7.70. The van der Waals surface area contributed by atoms with Crippen molar-refractivity contribution in [2.24, 2.45) is 11.3 Å². The molecule has 0 fully saturated rings. The number of para-hydroxylation sites is 1. The summed E-state index contributed by atoms with van der Waals surface area (Å²) in [5, 5.41) is 2.71. The van der Waals surface area contributed by atoms with Crippen LogP contribution in [0.2, 0.25) is 0 Å². The van der Waals surface area contributed by atoms with Crippen LogP contribution in [-0.4, -0.2) is 5.11 Å². The molecule has 1 aromatic carbocycles. The van der Waals surface area contributed by atoms with Crippen molar-refractivity contribution >= 4 is 23.0 Å². The van der Waals surface area contributed by atoms with E-state index in [9.17, 15) is 13.2 Å². The van der Waals surface area contributed by atoms with Crippen LogP contribution in [0, 0.1) is 11.3 Å². The van der Waals surface area contributed by atoms with E-state index in [0.717, 1.165) is 37.4 Å². The van der Waals surface area contributed by atoms with Gasteiger partial charge in [-0.3, -0.25) is 5.43 Å². The molecule has 0 radical (unpaired) electrons. The van der Waals surface area contributed by atoms with Gasteiger partial charge in [-0.15, -0.1) is 0 Å². The molecule has 0 unspecified atom stereocenters. The van der Waals surface area contributed by atoms with Crippen molar-refractivity contribution in [1.82, 2.24) is 10.9 Å². The van der Waals surface area contributed by atoms with E-state index in [0.29, 0.717) is 11.3 Å². The molecular formula is C19H26F3N3S. The monoisotopic (exact) mass is 385 g/mol. The van der Waals surface area contributed by atoms with Gasteiger partial charge in [-0.25, -0.2) is 0 Å². The predicted molar refractivity (Wildman–Crippen MR) is 103 cm³/mol. The molecule has 3 nitrogen and oxygen atoms in total. The standard InChI is InChI=1S/C19H26F3N3S/c1-4-18(2,3)13-9-11-14(12-10-13)24-25-17(26)23-16-8-6-5-7-15(16)19(20,21)22/h5-8,11,13,24H,4,9-10,12H2,1-3H3,(H2,23,25,26)/t13-/m0/s1. The van der Waals surface area contributed by atoms with Gasteiger partial charge >= 0.3 is 6.18 Å². The summed E-state index contributed by atoms with van der Waals surface area (Å²) in [7, 11) is 0. The van der Waals surface area contributed by atoms with Gasteiger partial charge in [-0.1, -0.05) is 45.4 Å². The molecule has 0 aromatic heterocycles. The van der Waals surface area contributed by atoms with Gasteiger partial charge < -0.3 is 10.7 Å². The first kappa shape index (κ1) is 20.6. The van der Waals surface area contributed by atoms with E-state index >= 15 is 0 Å². The Morgan fingerprint density at radius 3 is 2.50 bits per heavy atom. The highest BCUT2D eigenvalue weighted by Crippen LogP contribution is 2.39. The third-order valence-electron chi connectivity index (χ3n) is 5.24. The number of benzene rings is 1. The van der Waals surface area contributed by atoms with Crippen molar-refractivity contribution in [2.75, 3.05) is 5.32 Å². The molecule has 0 amide bonds. The largest absolute Gasteiger partial charge is 0.418 e. The summed E-state index contributed by atoms with van der Waals surface area (Å²) in [6.07, 6.45) is 1.81.